The van der Waals surface area contributed by atoms with Crippen molar-refractivity contribution < 1.29 is 14.3 Å². The van der Waals surface area contributed by atoms with Crippen molar-refractivity contribution in [3.63, 3.8) is 0 Å². The van der Waals surface area contributed by atoms with Crippen LogP contribution in [-0.4, -0.2) is 19.2 Å². The summed E-state index contributed by atoms with van der Waals surface area (Å²) in [6.45, 7) is 3.94. The molecule has 0 radical (unpaired) electrons. The smallest absolute Gasteiger partial charge is 0.330 e. The van der Waals surface area contributed by atoms with Crippen LogP contribution in [0.25, 0.3) is 11.1 Å². The van der Waals surface area contributed by atoms with Gasteiger partial charge in [0.05, 0.1) is 6.61 Å². The maximum atomic E-state index is 11.0. The maximum absolute atomic E-state index is 11.0. The summed E-state index contributed by atoms with van der Waals surface area (Å²) in [6.07, 6.45) is 1.06. The summed E-state index contributed by atoms with van der Waals surface area (Å²) < 4.78 is 10.9. The van der Waals surface area contributed by atoms with Crippen LogP contribution in [0.15, 0.2) is 61.2 Å². The molecule has 1 aliphatic rings. The first-order chi connectivity index (χ1) is 10.3. The van der Waals surface area contributed by atoms with E-state index in [4.69, 9.17) is 9.47 Å². The van der Waals surface area contributed by atoms with E-state index in [0.29, 0.717) is 6.61 Å². The van der Waals surface area contributed by atoms with Crippen molar-refractivity contribution >= 4 is 5.97 Å². The van der Waals surface area contributed by atoms with E-state index in [1.54, 1.807) is 0 Å². The van der Waals surface area contributed by atoms with E-state index in [-0.39, 0.29) is 12.7 Å². The largest absolute Gasteiger partial charge is 0.460 e. The second kappa shape index (κ2) is 5.94. The summed E-state index contributed by atoms with van der Waals surface area (Å²) in [5.74, 6) is -0.425. The van der Waals surface area contributed by atoms with Crippen LogP contribution in [0.1, 0.15) is 17.2 Å². The van der Waals surface area contributed by atoms with Crippen LogP contribution >= 0.6 is 0 Å². The fourth-order valence-electron chi connectivity index (χ4n) is 2.66. The van der Waals surface area contributed by atoms with Gasteiger partial charge in [-0.2, -0.15) is 0 Å². The maximum Gasteiger partial charge on any atom is 0.330 e. The van der Waals surface area contributed by atoms with Crippen LogP contribution in [-0.2, 0) is 14.3 Å². The van der Waals surface area contributed by atoms with Gasteiger partial charge < -0.3 is 9.47 Å². The zero-order valence-electron chi connectivity index (χ0n) is 11.6. The fraction of sp³-hybridized carbons (Fsp3) is 0.167. The Morgan fingerprint density at radius 2 is 1.57 bits per heavy atom. The van der Waals surface area contributed by atoms with Crippen molar-refractivity contribution in [2.45, 2.75) is 6.10 Å². The molecule has 0 saturated carbocycles. The van der Waals surface area contributed by atoms with Gasteiger partial charge in [-0.25, -0.2) is 4.79 Å². The molecule has 0 aromatic heterocycles. The van der Waals surface area contributed by atoms with E-state index in [1.807, 2.05) is 24.3 Å². The second-order valence-electron chi connectivity index (χ2n) is 4.80. The Morgan fingerprint density at radius 3 is 2.14 bits per heavy atom. The number of hydrogen-bond donors (Lipinski definition) is 0. The lowest BCUT2D eigenvalue weighted by molar-refractivity contribution is -0.139. The molecule has 3 nitrogen and oxygen atoms in total. The number of hydrogen-bond acceptors (Lipinski definition) is 3. The van der Waals surface area contributed by atoms with Crippen molar-refractivity contribution in [2.75, 3.05) is 13.2 Å². The highest BCUT2D eigenvalue weighted by Gasteiger charge is 2.28. The zero-order chi connectivity index (χ0) is 14.7. The summed E-state index contributed by atoms with van der Waals surface area (Å²) in [7, 11) is 0. The molecule has 0 heterocycles. The predicted octanol–water partition coefficient (Wildman–Crippen LogP) is 3.50. The summed E-state index contributed by atoms with van der Waals surface area (Å²) in [4.78, 5) is 11.0. The molecule has 3 rings (SSSR count). The van der Waals surface area contributed by atoms with Gasteiger partial charge in [0.25, 0.3) is 0 Å². The van der Waals surface area contributed by atoms with Gasteiger partial charge in [-0.1, -0.05) is 55.1 Å². The van der Waals surface area contributed by atoms with Gasteiger partial charge in [0.1, 0.15) is 12.7 Å². The third kappa shape index (κ3) is 2.60. The van der Waals surface area contributed by atoms with Gasteiger partial charge in [-0.05, 0) is 22.3 Å². The molecule has 0 unspecified atom stereocenters. The third-order valence-electron chi connectivity index (χ3n) is 3.56. The molecule has 0 aliphatic heterocycles. The second-order valence-corrected chi connectivity index (χ2v) is 4.80. The fourth-order valence-corrected chi connectivity index (χ4v) is 2.66. The minimum Gasteiger partial charge on any atom is -0.460 e. The number of carbonyl (C=O) groups excluding carboxylic acids is 1. The average molecular weight is 280 g/mol. The van der Waals surface area contributed by atoms with Crippen LogP contribution in [0, 0.1) is 0 Å². The molecule has 0 saturated heterocycles. The van der Waals surface area contributed by atoms with Crippen LogP contribution in [0.2, 0.25) is 0 Å². The van der Waals surface area contributed by atoms with Gasteiger partial charge in [0, 0.05) is 6.08 Å². The highest BCUT2D eigenvalue weighted by atomic mass is 16.6. The highest BCUT2D eigenvalue weighted by molar-refractivity contribution is 5.81. The molecule has 2 aromatic rings. The molecular formula is C18H16O3. The summed E-state index contributed by atoms with van der Waals surface area (Å²) in [6, 6.07) is 16.5. The SMILES string of the molecule is C=CC(=O)OCCOC1c2ccccc2-c2ccccc21. The summed E-state index contributed by atoms with van der Waals surface area (Å²) in [5, 5.41) is 0. The Bertz CT molecular complexity index is 630. The van der Waals surface area contributed by atoms with Gasteiger partial charge in [0.15, 0.2) is 0 Å². The predicted molar refractivity (Wildman–Crippen MR) is 80.8 cm³/mol. The summed E-state index contributed by atoms with van der Waals surface area (Å²) in [5.41, 5.74) is 4.74. The molecule has 0 amide bonds. The number of ether oxygens (including phenoxy) is 2. The van der Waals surface area contributed by atoms with Crippen molar-refractivity contribution in [3.8, 4) is 11.1 Å². The van der Waals surface area contributed by atoms with E-state index in [9.17, 15) is 4.79 Å². The van der Waals surface area contributed by atoms with Gasteiger partial charge in [0.2, 0.25) is 0 Å². The molecule has 0 N–H and O–H groups in total. The zero-order valence-corrected chi connectivity index (χ0v) is 11.6. The van der Waals surface area contributed by atoms with Crippen LogP contribution in [0.4, 0.5) is 0 Å². The van der Waals surface area contributed by atoms with E-state index in [1.165, 1.54) is 11.1 Å². The standard InChI is InChI=1S/C18H16O3/c1-2-17(19)20-11-12-21-18-15-9-5-3-7-13(15)14-8-4-6-10-16(14)18/h2-10,18H,1,11-12H2. The lowest BCUT2D eigenvalue weighted by Crippen LogP contribution is -2.11. The van der Waals surface area contributed by atoms with E-state index in [0.717, 1.165) is 17.2 Å². The van der Waals surface area contributed by atoms with Crippen LogP contribution < -0.4 is 0 Å². The number of esters is 1. The number of rotatable bonds is 5. The van der Waals surface area contributed by atoms with Gasteiger partial charge in [-0.3, -0.25) is 0 Å². The first-order valence-corrected chi connectivity index (χ1v) is 6.90. The van der Waals surface area contributed by atoms with Crippen LogP contribution in [0.3, 0.4) is 0 Å². The van der Waals surface area contributed by atoms with Crippen molar-refractivity contribution in [3.05, 3.63) is 72.3 Å². The van der Waals surface area contributed by atoms with E-state index in [2.05, 4.69) is 30.8 Å². The Hall–Kier alpha value is -2.39. The number of benzene rings is 2. The molecule has 0 spiro atoms. The Kier molecular flexibility index (Phi) is 3.84. The number of carbonyl (C=O) groups is 1. The minimum absolute atomic E-state index is 0.0974. The minimum atomic E-state index is -0.425. The van der Waals surface area contributed by atoms with E-state index < -0.39 is 5.97 Å². The lowest BCUT2D eigenvalue weighted by Gasteiger charge is -2.14. The molecule has 0 bridgehead atoms. The van der Waals surface area contributed by atoms with Crippen molar-refractivity contribution in [2.24, 2.45) is 0 Å². The molecule has 0 atom stereocenters. The monoisotopic (exact) mass is 280 g/mol. The Morgan fingerprint density at radius 1 is 1.00 bits per heavy atom. The molecular weight excluding hydrogens is 264 g/mol. The highest BCUT2D eigenvalue weighted by Crippen LogP contribution is 2.44. The molecule has 2 aromatic carbocycles. The van der Waals surface area contributed by atoms with Crippen molar-refractivity contribution in [1.29, 1.82) is 0 Å². The quantitative estimate of drug-likeness (QED) is 0.477. The first kappa shape index (κ1) is 13.6. The normalized spacial score (nSPS) is 12.6. The third-order valence-corrected chi connectivity index (χ3v) is 3.56. The van der Waals surface area contributed by atoms with Crippen LogP contribution in [0.5, 0.6) is 0 Å². The Labute approximate surface area is 123 Å². The average Bonchev–Trinajstić information content (AvgIpc) is 2.86. The molecule has 106 valence electrons. The molecule has 21 heavy (non-hydrogen) atoms. The topological polar surface area (TPSA) is 35.5 Å². The molecule has 3 heteroatoms. The van der Waals surface area contributed by atoms with Crippen molar-refractivity contribution in [1.82, 2.24) is 0 Å². The molecule has 0 fully saturated rings. The number of fused-ring (bicyclic) bond motifs is 3. The van der Waals surface area contributed by atoms with Gasteiger partial charge in [-0.15, -0.1) is 0 Å². The molecule has 1 aliphatic carbocycles. The van der Waals surface area contributed by atoms with Gasteiger partial charge >= 0.3 is 5.97 Å². The van der Waals surface area contributed by atoms with E-state index >= 15 is 0 Å². The Balaban J connectivity index is 1.76. The lowest BCUT2D eigenvalue weighted by atomic mass is 10.1. The summed E-state index contributed by atoms with van der Waals surface area (Å²) >= 11 is 0. The first-order valence-electron chi connectivity index (χ1n) is 6.90.